The number of nitrogens with one attached hydrogen (secondary N) is 2. The Morgan fingerprint density at radius 2 is 1.87 bits per heavy atom. The number of aryl methyl sites for hydroxylation is 2. The van der Waals surface area contributed by atoms with Crippen molar-refractivity contribution in [3.63, 3.8) is 0 Å². The lowest BCUT2D eigenvalue weighted by Gasteiger charge is -2.10. The van der Waals surface area contributed by atoms with Crippen molar-refractivity contribution in [2.75, 3.05) is 11.9 Å². The third kappa shape index (κ3) is 4.67. The second-order valence-electron chi connectivity index (χ2n) is 5.53. The van der Waals surface area contributed by atoms with Gasteiger partial charge in [0.25, 0.3) is 11.8 Å². The van der Waals surface area contributed by atoms with Crippen molar-refractivity contribution >= 4 is 17.5 Å². The Morgan fingerprint density at radius 1 is 1.17 bits per heavy atom. The molecule has 2 amide bonds. The number of rotatable bonds is 6. The molecule has 1 heterocycles. The van der Waals surface area contributed by atoms with Crippen molar-refractivity contribution in [3.8, 4) is 0 Å². The number of likely N-dealkylation sites (N-methyl/N-ethyl adjacent to an activating group) is 1. The lowest BCUT2D eigenvalue weighted by atomic mass is 10.1. The molecule has 6 nitrogen and oxygen atoms in total. The van der Waals surface area contributed by atoms with Crippen LogP contribution in [-0.4, -0.2) is 22.9 Å². The zero-order valence-electron chi connectivity index (χ0n) is 13.8. The Balaban J connectivity index is 1.96. The second kappa shape index (κ2) is 7.58. The van der Waals surface area contributed by atoms with E-state index in [4.69, 9.17) is 0 Å². The number of hydrogen-bond donors (Lipinski definition) is 2. The van der Waals surface area contributed by atoms with E-state index in [2.05, 4.69) is 10.6 Å². The number of amides is 2. The molecule has 2 aromatic rings. The molecule has 23 heavy (non-hydrogen) atoms. The zero-order valence-corrected chi connectivity index (χ0v) is 13.8. The molecule has 0 aliphatic heterocycles. The quantitative estimate of drug-likeness (QED) is 0.786. The van der Waals surface area contributed by atoms with Crippen LogP contribution in [0, 0.1) is 13.8 Å². The summed E-state index contributed by atoms with van der Waals surface area (Å²) in [6.07, 6.45) is 5.31. The number of carbonyl (C=O) groups is 2. The smallest absolute Gasteiger partial charge is 0.266 e. The highest BCUT2D eigenvalue weighted by molar-refractivity contribution is 5.91. The molecular weight excluding hydrogens is 292 g/mol. The van der Waals surface area contributed by atoms with Crippen LogP contribution in [0.5, 0.6) is 0 Å². The summed E-state index contributed by atoms with van der Waals surface area (Å²) in [5, 5.41) is 5.69. The summed E-state index contributed by atoms with van der Waals surface area (Å²) in [7, 11) is 0. The standard InChI is InChI=1S/C17H22N4O2/c1-4-18-15(22)10-20-8-9-21(12-20)11-16(23)19-17-13(2)6-5-7-14(17)3/h5-9,12H,4,10-11H2,1-3H3,(H-,18,19,22,23)/p+1. The average molecular weight is 315 g/mol. The van der Waals surface area contributed by atoms with Crippen LogP contribution >= 0.6 is 0 Å². The first kappa shape index (κ1) is 16.7. The number of benzene rings is 1. The Kier molecular flexibility index (Phi) is 5.51. The molecule has 2 N–H and O–H groups in total. The maximum atomic E-state index is 12.2. The van der Waals surface area contributed by atoms with Crippen molar-refractivity contribution in [1.29, 1.82) is 0 Å². The highest BCUT2D eigenvalue weighted by Gasteiger charge is 2.13. The van der Waals surface area contributed by atoms with Gasteiger partial charge in [0.1, 0.15) is 12.4 Å². The molecule has 1 aromatic carbocycles. The van der Waals surface area contributed by atoms with E-state index in [0.29, 0.717) is 6.54 Å². The van der Waals surface area contributed by atoms with Gasteiger partial charge in [-0.3, -0.25) is 9.59 Å². The third-order valence-corrected chi connectivity index (χ3v) is 3.52. The number of para-hydroxylation sites is 1. The van der Waals surface area contributed by atoms with Crippen molar-refractivity contribution in [2.45, 2.75) is 33.9 Å². The molecule has 0 fully saturated rings. The minimum absolute atomic E-state index is 0.0461. The Morgan fingerprint density at radius 3 is 2.52 bits per heavy atom. The lowest BCUT2D eigenvalue weighted by molar-refractivity contribution is -0.683. The van der Waals surface area contributed by atoms with Gasteiger partial charge in [-0.1, -0.05) is 18.2 Å². The topological polar surface area (TPSA) is 67.0 Å². The Labute approximate surface area is 136 Å². The summed E-state index contributed by atoms with van der Waals surface area (Å²) in [5.74, 6) is -0.140. The summed E-state index contributed by atoms with van der Waals surface area (Å²) in [4.78, 5) is 23.7. The summed E-state index contributed by atoms with van der Waals surface area (Å²) in [6, 6.07) is 5.91. The molecular formula is C17H23N4O2+. The number of aromatic nitrogens is 2. The Bertz CT molecular complexity index is 686. The molecule has 0 saturated carbocycles. The molecule has 0 unspecified atom stereocenters. The first-order valence-corrected chi connectivity index (χ1v) is 7.67. The number of carbonyl (C=O) groups excluding carboxylic acids is 2. The first-order valence-electron chi connectivity index (χ1n) is 7.67. The minimum atomic E-state index is -0.0943. The third-order valence-electron chi connectivity index (χ3n) is 3.52. The predicted octanol–water partition coefficient (Wildman–Crippen LogP) is 1.17. The first-order chi connectivity index (χ1) is 11.0. The zero-order chi connectivity index (χ0) is 16.8. The fourth-order valence-electron chi connectivity index (χ4n) is 2.40. The molecule has 0 aliphatic carbocycles. The molecule has 0 atom stereocenters. The largest absolute Gasteiger partial charge is 0.353 e. The Hall–Kier alpha value is -2.63. The van der Waals surface area contributed by atoms with Crippen molar-refractivity contribution in [1.82, 2.24) is 9.88 Å². The summed E-state index contributed by atoms with van der Waals surface area (Å²) in [6.45, 7) is 6.89. The maximum Gasteiger partial charge on any atom is 0.266 e. The van der Waals surface area contributed by atoms with Crippen molar-refractivity contribution in [3.05, 3.63) is 48.0 Å². The van der Waals surface area contributed by atoms with Crippen LogP contribution in [0.3, 0.4) is 0 Å². The van der Waals surface area contributed by atoms with Crippen LogP contribution in [0.4, 0.5) is 5.69 Å². The van der Waals surface area contributed by atoms with Gasteiger partial charge in [-0.2, -0.15) is 0 Å². The van der Waals surface area contributed by atoms with E-state index in [-0.39, 0.29) is 24.9 Å². The second-order valence-corrected chi connectivity index (χ2v) is 5.53. The van der Waals surface area contributed by atoms with Gasteiger partial charge in [-0.25, -0.2) is 9.13 Å². The van der Waals surface area contributed by atoms with Crippen LogP contribution in [0.1, 0.15) is 18.1 Å². The molecule has 2 rings (SSSR count). The van der Waals surface area contributed by atoms with Gasteiger partial charge in [0, 0.05) is 12.2 Å². The summed E-state index contributed by atoms with van der Waals surface area (Å²) in [5.41, 5.74) is 2.94. The van der Waals surface area contributed by atoms with Crippen LogP contribution in [-0.2, 0) is 22.7 Å². The van der Waals surface area contributed by atoms with Gasteiger partial charge in [0.05, 0.1) is 0 Å². The molecule has 122 valence electrons. The predicted molar refractivity (Wildman–Crippen MR) is 87.9 cm³/mol. The van der Waals surface area contributed by atoms with E-state index in [1.807, 2.05) is 39.0 Å². The molecule has 6 heteroatoms. The van der Waals surface area contributed by atoms with Gasteiger partial charge in [-0.05, 0) is 31.9 Å². The highest BCUT2D eigenvalue weighted by atomic mass is 16.2. The summed E-state index contributed by atoms with van der Waals surface area (Å²) >= 11 is 0. The summed E-state index contributed by atoms with van der Waals surface area (Å²) < 4.78 is 3.50. The van der Waals surface area contributed by atoms with Crippen LogP contribution in [0.2, 0.25) is 0 Å². The SMILES string of the molecule is CCNC(=O)Cn1cc[n+](CC(=O)Nc2c(C)cccc2C)c1. The number of imidazole rings is 1. The molecule has 1 aromatic heterocycles. The molecule has 0 saturated heterocycles. The van der Waals surface area contributed by atoms with E-state index < -0.39 is 0 Å². The molecule has 0 spiro atoms. The van der Waals surface area contributed by atoms with E-state index in [1.54, 1.807) is 27.9 Å². The van der Waals surface area contributed by atoms with Gasteiger partial charge >= 0.3 is 0 Å². The van der Waals surface area contributed by atoms with Gasteiger partial charge < -0.3 is 10.6 Å². The molecule has 0 radical (unpaired) electrons. The fourth-order valence-corrected chi connectivity index (χ4v) is 2.40. The van der Waals surface area contributed by atoms with E-state index in [0.717, 1.165) is 16.8 Å². The van der Waals surface area contributed by atoms with Gasteiger partial charge in [0.2, 0.25) is 6.33 Å². The van der Waals surface area contributed by atoms with Gasteiger partial charge in [0.15, 0.2) is 13.1 Å². The van der Waals surface area contributed by atoms with Crippen molar-refractivity contribution in [2.24, 2.45) is 0 Å². The van der Waals surface area contributed by atoms with E-state index in [9.17, 15) is 9.59 Å². The molecule has 0 bridgehead atoms. The number of anilines is 1. The van der Waals surface area contributed by atoms with Crippen LogP contribution in [0.15, 0.2) is 36.9 Å². The average Bonchev–Trinajstić information content (AvgIpc) is 2.90. The fraction of sp³-hybridized carbons (Fsp3) is 0.353. The van der Waals surface area contributed by atoms with E-state index in [1.165, 1.54) is 0 Å². The monoisotopic (exact) mass is 315 g/mol. The number of hydrogen-bond acceptors (Lipinski definition) is 2. The van der Waals surface area contributed by atoms with Gasteiger partial charge in [-0.15, -0.1) is 0 Å². The van der Waals surface area contributed by atoms with Crippen LogP contribution < -0.4 is 15.2 Å². The lowest BCUT2D eigenvalue weighted by Crippen LogP contribution is -2.39. The van der Waals surface area contributed by atoms with E-state index >= 15 is 0 Å². The molecule has 0 aliphatic rings. The maximum absolute atomic E-state index is 12.2. The minimum Gasteiger partial charge on any atom is -0.353 e. The van der Waals surface area contributed by atoms with Crippen LogP contribution in [0.25, 0.3) is 0 Å². The highest BCUT2D eigenvalue weighted by Crippen LogP contribution is 2.19. The normalized spacial score (nSPS) is 10.4. The van der Waals surface area contributed by atoms with Crippen molar-refractivity contribution < 1.29 is 14.2 Å². The number of nitrogens with zero attached hydrogens (tertiary/aromatic N) is 2.